The number of esters is 1. The van der Waals surface area contributed by atoms with Gasteiger partial charge in [-0.05, 0) is 30.3 Å². The van der Waals surface area contributed by atoms with E-state index in [1.807, 2.05) is 24.3 Å². The van der Waals surface area contributed by atoms with Crippen LogP contribution in [0.1, 0.15) is 15.9 Å². The van der Waals surface area contributed by atoms with Gasteiger partial charge in [-0.15, -0.1) is 0 Å². The van der Waals surface area contributed by atoms with Crippen LogP contribution in [0.25, 0.3) is 11.3 Å². The SMILES string of the molecule is COC(=O)c1c(-c2ccc(F)cc2)noc1NCc1ccccc1OC. The number of ether oxygens (including phenoxy) is 2. The second-order valence-corrected chi connectivity index (χ2v) is 5.40. The minimum atomic E-state index is -0.604. The van der Waals surface area contributed by atoms with Gasteiger partial charge in [-0.1, -0.05) is 23.4 Å². The van der Waals surface area contributed by atoms with E-state index >= 15 is 0 Å². The van der Waals surface area contributed by atoms with Gasteiger partial charge in [0, 0.05) is 17.7 Å². The number of anilines is 1. The van der Waals surface area contributed by atoms with Crippen molar-refractivity contribution in [3.8, 4) is 17.0 Å². The first kappa shape index (κ1) is 17.5. The molecule has 0 saturated carbocycles. The third-order valence-electron chi connectivity index (χ3n) is 3.83. The molecule has 0 saturated heterocycles. The fourth-order valence-electron chi connectivity index (χ4n) is 2.53. The van der Waals surface area contributed by atoms with Gasteiger partial charge in [-0.25, -0.2) is 9.18 Å². The average Bonchev–Trinajstić information content (AvgIpc) is 3.10. The van der Waals surface area contributed by atoms with E-state index in [4.69, 9.17) is 14.0 Å². The van der Waals surface area contributed by atoms with Gasteiger partial charge in [0.15, 0.2) is 5.56 Å². The first-order valence-electron chi connectivity index (χ1n) is 7.83. The fraction of sp³-hybridized carbons (Fsp3) is 0.158. The minimum absolute atomic E-state index is 0.147. The molecule has 2 aromatic carbocycles. The normalized spacial score (nSPS) is 10.4. The Labute approximate surface area is 149 Å². The molecule has 3 rings (SSSR count). The zero-order valence-corrected chi connectivity index (χ0v) is 14.3. The van der Waals surface area contributed by atoms with Gasteiger partial charge < -0.3 is 19.3 Å². The Balaban J connectivity index is 1.92. The Morgan fingerprint density at radius 1 is 1.15 bits per heavy atom. The zero-order valence-electron chi connectivity index (χ0n) is 14.3. The third kappa shape index (κ3) is 3.51. The number of carbonyl (C=O) groups excluding carboxylic acids is 1. The predicted octanol–water partition coefficient (Wildman–Crippen LogP) is 3.89. The zero-order chi connectivity index (χ0) is 18.5. The van der Waals surface area contributed by atoms with E-state index in [1.165, 1.54) is 31.4 Å². The molecule has 0 fully saturated rings. The molecule has 26 heavy (non-hydrogen) atoms. The van der Waals surface area contributed by atoms with E-state index in [0.717, 1.165) is 5.56 Å². The molecule has 0 aliphatic rings. The topological polar surface area (TPSA) is 73.6 Å². The van der Waals surface area contributed by atoms with Crippen LogP contribution in [-0.2, 0) is 11.3 Å². The van der Waals surface area contributed by atoms with E-state index < -0.39 is 5.97 Å². The van der Waals surface area contributed by atoms with Crippen LogP contribution in [-0.4, -0.2) is 25.3 Å². The standard InChI is InChI=1S/C19H17FN2O4/c1-24-15-6-4-3-5-13(15)11-21-18-16(19(23)25-2)17(22-26-18)12-7-9-14(20)10-8-12/h3-10,21H,11H2,1-2H3. The molecule has 0 radical (unpaired) electrons. The van der Waals surface area contributed by atoms with Crippen LogP contribution in [0.3, 0.4) is 0 Å². The van der Waals surface area contributed by atoms with Gasteiger partial charge in [0.05, 0.1) is 14.2 Å². The number of aromatic nitrogens is 1. The van der Waals surface area contributed by atoms with Gasteiger partial charge in [-0.3, -0.25) is 0 Å². The molecule has 6 nitrogen and oxygen atoms in total. The first-order chi connectivity index (χ1) is 12.6. The molecule has 0 atom stereocenters. The third-order valence-corrected chi connectivity index (χ3v) is 3.83. The maximum Gasteiger partial charge on any atom is 0.345 e. The highest BCUT2D eigenvalue weighted by atomic mass is 19.1. The number of benzene rings is 2. The van der Waals surface area contributed by atoms with Gasteiger partial charge in [0.25, 0.3) is 0 Å². The van der Waals surface area contributed by atoms with Crippen molar-refractivity contribution < 1.29 is 23.2 Å². The number of methoxy groups -OCH3 is 2. The molecule has 0 aliphatic carbocycles. The highest BCUT2D eigenvalue weighted by molar-refractivity contribution is 6.00. The molecule has 1 heterocycles. The number of rotatable bonds is 6. The van der Waals surface area contributed by atoms with Crippen LogP contribution >= 0.6 is 0 Å². The molecule has 0 aliphatic heterocycles. The Morgan fingerprint density at radius 2 is 1.88 bits per heavy atom. The van der Waals surface area contributed by atoms with Crippen LogP contribution in [0.5, 0.6) is 5.75 Å². The average molecular weight is 356 g/mol. The lowest BCUT2D eigenvalue weighted by Gasteiger charge is -2.09. The van der Waals surface area contributed by atoms with Gasteiger partial charge >= 0.3 is 5.97 Å². The largest absolute Gasteiger partial charge is 0.496 e. The molecule has 0 unspecified atom stereocenters. The van der Waals surface area contributed by atoms with Gasteiger partial charge in [0.1, 0.15) is 17.3 Å². The predicted molar refractivity (Wildman–Crippen MR) is 93.6 cm³/mol. The summed E-state index contributed by atoms with van der Waals surface area (Å²) in [6.07, 6.45) is 0. The number of para-hydroxylation sites is 1. The fourth-order valence-corrected chi connectivity index (χ4v) is 2.53. The van der Waals surface area contributed by atoms with Crippen molar-refractivity contribution in [3.63, 3.8) is 0 Å². The summed E-state index contributed by atoms with van der Waals surface area (Å²) in [7, 11) is 2.85. The summed E-state index contributed by atoms with van der Waals surface area (Å²) in [5, 5.41) is 6.98. The summed E-state index contributed by atoms with van der Waals surface area (Å²) in [5.74, 6) is -0.112. The maximum atomic E-state index is 13.2. The van der Waals surface area contributed by atoms with Crippen LogP contribution in [0.4, 0.5) is 10.3 Å². The van der Waals surface area contributed by atoms with E-state index in [1.54, 1.807) is 7.11 Å². The van der Waals surface area contributed by atoms with Crippen molar-refractivity contribution in [3.05, 3.63) is 65.5 Å². The number of hydrogen-bond acceptors (Lipinski definition) is 6. The minimum Gasteiger partial charge on any atom is -0.496 e. The number of nitrogens with one attached hydrogen (secondary N) is 1. The van der Waals surface area contributed by atoms with Crippen molar-refractivity contribution >= 4 is 11.9 Å². The van der Waals surface area contributed by atoms with E-state index in [0.29, 0.717) is 17.9 Å². The van der Waals surface area contributed by atoms with Gasteiger partial charge in [0.2, 0.25) is 5.88 Å². The molecular formula is C19H17FN2O4. The van der Waals surface area contributed by atoms with Crippen LogP contribution in [0.15, 0.2) is 53.1 Å². The quantitative estimate of drug-likeness (QED) is 0.676. The molecule has 134 valence electrons. The van der Waals surface area contributed by atoms with Crippen molar-refractivity contribution in [1.82, 2.24) is 5.16 Å². The van der Waals surface area contributed by atoms with E-state index in [9.17, 15) is 9.18 Å². The van der Waals surface area contributed by atoms with Gasteiger partial charge in [-0.2, -0.15) is 0 Å². The summed E-state index contributed by atoms with van der Waals surface area (Å²) in [6.45, 7) is 0.353. The summed E-state index contributed by atoms with van der Waals surface area (Å²) in [6, 6.07) is 13.1. The van der Waals surface area contributed by atoms with Crippen LogP contribution in [0, 0.1) is 5.82 Å². The molecule has 0 bridgehead atoms. The highest BCUT2D eigenvalue weighted by Gasteiger charge is 2.25. The Hall–Kier alpha value is -3.35. The lowest BCUT2D eigenvalue weighted by Crippen LogP contribution is -2.08. The molecular weight excluding hydrogens is 339 g/mol. The van der Waals surface area contributed by atoms with E-state index in [2.05, 4.69) is 10.5 Å². The van der Waals surface area contributed by atoms with Crippen molar-refractivity contribution in [2.45, 2.75) is 6.54 Å². The number of carbonyl (C=O) groups is 1. The number of hydrogen-bond donors (Lipinski definition) is 1. The lowest BCUT2D eigenvalue weighted by atomic mass is 10.1. The number of halogens is 1. The Kier molecular flexibility index (Phi) is 5.17. The second kappa shape index (κ2) is 7.69. The summed E-state index contributed by atoms with van der Waals surface area (Å²) in [5.41, 5.74) is 1.85. The molecule has 3 aromatic rings. The van der Waals surface area contributed by atoms with Crippen LogP contribution < -0.4 is 10.1 Å². The molecule has 0 spiro atoms. The Morgan fingerprint density at radius 3 is 2.58 bits per heavy atom. The molecule has 7 heteroatoms. The summed E-state index contributed by atoms with van der Waals surface area (Å²) >= 11 is 0. The monoisotopic (exact) mass is 356 g/mol. The molecule has 0 amide bonds. The van der Waals surface area contributed by atoms with Crippen molar-refractivity contribution in [1.29, 1.82) is 0 Å². The smallest absolute Gasteiger partial charge is 0.345 e. The molecule has 1 aromatic heterocycles. The van der Waals surface area contributed by atoms with Crippen molar-refractivity contribution in [2.75, 3.05) is 19.5 Å². The highest BCUT2D eigenvalue weighted by Crippen LogP contribution is 2.30. The maximum absolute atomic E-state index is 13.2. The Bertz CT molecular complexity index is 906. The number of nitrogens with zero attached hydrogens (tertiary/aromatic N) is 1. The first-order valence-corrected chi connectivity index (χ1v) is 7.83. The summed E-state index contributed by atoms with van der Waals surface area (Å²) in [4.78, 5) is 12.2. The van der Waals surface area contributed by atoms with Crippen molar-refractivity contribution in [2.24, 2.45) is 0 Å². The lowest BCUT2D eigenvalue weighted by molar-refractivity contribution is 0.0602. The second-order valence-electron chi connectivity index (χ2n) is 5.40. The van der Waals surface area contributed by atoms with Crippen LogP contribution in [0.2, 0.25) is 0 Å². The summed E-state index contributed by atoms with van der Waals surface area (Å²) < 4.78 is 28.6. The molecule has 1 N–H and O–H groups in total. The van der Waals surface area contributed by atoms with E-state index in [-0.39, 0.29) is 23.0 Å².